The molecule has 1 saturated heterocycles. The number of anilines is 1. The molecule has 1 aliphatic heterocycles. The fourth-order valence-corrected chi connectivity index (χ4v) is 2.65. The first-order valence-electron chi connectivity index (χ1n) is 7.21. The first kappa shape index (κ1) is 15.7. The van der Waals surface area contributed by atoms with Gasteiger partial charge < -0.3 is 5.43 Å². The Balaban J connectivity index is 1.99. The molecule has 0 saturated carbocycles. The van der Waals surface area contributed by atoms with Gasteiger partial charge in [0.25, 0.3) is 5.69 Å². The van der Waals surface area contributed by atoms with Gasteiger partial charge in [-0.05, 0) is 25.5 Å². The van der Waals surface area contributed by atoms with Gasteiger partial charge in [0.15, 0.2) is 0 Å². The first-order chi connectivity index (χ1) is 10.0. The van der Waals surface area contributed by atoms with E-state index in [-0.39, 0.29) is 5.69 Å². The van der Waals surface area contributed by atoms with Gasteiger partial charge in [0, 0.05) is 44.8 Å². The van der Waals surface area contributed by atoms with Crippen LogP contribution in [0.3, 0.4) is 0 Å². The number of hydrogen-bond donors (Lipinski definition) is 2. The number of nitrogens with one attached hydrogen (secondary N) is 1. The summed E-state index contributed by atoms with van der Waals surface area (Å²) in [5.41, 5.74) is 3.81. The van der Waals surface area contributed by atoms with Crippen LogP contribution in [0.2, 0.25) is 0 Å². The summed E-state index contributed by atoms with van der Waals surface area (Å²) in [5, 5.41) is 10.9. The van der Waals surface area contributed by atoms with Gasteiger partial charge in [-0.2, -0.15) is 0 Å². The minimum absolute atomic E-state index is 0.00544. The molecule has 0 radical (unpaired) electrons. The summed E-state index contributed by atoms with van der Waals surface area (Å²) in [6.45, 7) is 9.37. The first-order valence-corrected chi connectivity index (χ1v) is 7.21. The second kappa shape index (κ2) is 6.84. The van der Waals surface area contributed by atoms with Crippen LogP contribution in [-0.2, 0) is 6.54 Å². The van der Waals surface area contributed by atoms with Crippen molar-refractivity contribution in [3.05, 3.63) is 33.9 Å². The second-order valence-electron chi connectivity index (χ2n) is 5.66. The number of piperazine rings is 1. The van der Waals surface area contributed by atoms with E-state index in [1.54, 1.807) is 12.1 Å². The minimum atomic E-state index is -0.430. The van der Waals surface area contributed by atoms with Gasteiger partial charge in [-0.25, -0.2) is 0 Å². The van der Waals surface area contributed by atoms with Gasteiger partial charge in [-0.1, -0.05) is 6.07 Å². The molecular weight excluding hydrogens is 270 g/mol. The Morgan fingerprint density at radius 1 is 1.33 bits per heavy atom. The van der Waals surface area contributed by atoms with Crippen molar-refractivity contribution in [1.29, 1.82) is 0 Å². The van der Waals surface area contributed by atoms with Crippen LogP contribution in [0.25, 0.3) is 0 Å². The highest BCUT2D eigenvalue weighted by molar-refractivity contribution is 5.62. The fraction of sp³-hybridized carbons (Fsp3) is 0.571. The lowest BCUT2D eigenvalue weighted by Gasteiger charge is -2.36. The van der Waals surface area contributed by atoms with E-state index in [0.29, 0.717) is 11.7 Å². The van der Waals surface area contributed by atoms with Gasteiger partial charge >= 0.3 is 0 Å². The van der Waals surface area contributed by atoms with E-state index >= 15 is 0 Å². The molecule has 1 aromatic rings. The quantitative estimate of drug-likeness (QED) is 0.485. The minimum Gasteiger partial charge on any atom is -0.318 e. The summed E-state index contributed by atoms with van der Waals surface area (Å²) >= 11 is 0. The highest BCUT2D eigenvalue weighted by Crippen LogP contribution is 2.25. The van der Waals surface area contributed by atoms with E-state index < -0.39 is 4.92 Å². The maximum absolute atomic E-state index is 10.9. The molecular formula is C14H23N5O2. The predicted octanol–water partition coefficient (Wildman–Crippen LogP) is 1.41. The van der Waals surface area contributed by atoms with Crippen LogP contribution in [0.1, 0.15) is 19.4 Å². The summed E-state index contributed by atoms with van der Waals surface area (Å²) in [6.07, 6.45) is 0. The zero-order valence-electron chi connectivity index (χ0n) is 12.6. The summed E-state index contributed by atoms with van der Waals surface area (Å²) in [4.78, 5) is 15.3. The molecule has 116 valence electrons. The number of hydrogen-bond acceptors (Lipinski definition) is 6. The van der Waals surface area contributed by atoms with Crippen molar-refractivity contribution in [2.75, 3.05) is 31.6 Å². The molecule has 0 amide bonds. The van der Waals surface area contributed by atoms with Gasteiger partial charge in [-0.3, -0.25) is 25.8 Å². The van der Waals surface area contributed by atoms with Crippen molar-refractivity contribution in [1.82, 2.24) is 9.80 Å². The molecule has 0 atom stereocenters. The van der Waals surface area contributed by atoms with Crippen molar-refractivity contribution >= 4 is 11.4 Å². The highest BCUT2D eigenvalue weighted by atomic mass is 16.6. The average molecular weight is 293 g/mol. The maximum Gasteiger partial charge on any atom is 0.293 e. The van der Waals surface area contributed by atoms with Crippen LogP contribution in [0, 0.1) is 10.1 Å². The smallest absolute Gasteiger partial charge is 0.293 e. The van der Waals surface area contributed by atoms with E-state index in [1.807, 2.05) is 0 Å². The molecule has 2 rings (SSSR count). The number of rotatable bonds is 5. The molecule has 1 heterocycles. The Bertz CT molecular complexity index is 498. The Morgan fingerprint density at radius 3 is 2.52 bits per heavy atom. The summed E-state index contributed by atoms with van der Waals surface area (Å²) < 4.78 is 0. The summed E-state index contributed by atoms with van der Waals surface area (Å²) in [5.74, 6) is 5.37. The third kappa shape index (κ3) is 3.90. The molecule has 1 fully saturated rings. The largest absolute Gasteiger partial charge is 0.318 e. The second-order valence-corrected chi connectivity index (χ2v) is 5.66. The van der Waals surface area contributed by atoms with Crippen LogP contribution < -0.4 is 11.3 Å². The van der Waals surface area contributed by atoms with E-state index in [4.69, 9.17) is 5.84 Å². The number of hydrazine groups is 1. The molecule has 0 bridgehead atoms. The molecule has 1 aromatic carbocycles. The fourth-order valence-electron chi connectivity index (χ4n) is 2.65. The summed E-state index contributed by atoms with van der Waals surface area (Å²) in [7, 11) is 0. The van der Waals surface area contributed by atoms with E-state index in [0.717, 1.165) is 38.3 Å². The number of nitro groups is 1. The molecule has 1 aliphatic rings. The van der Waals surface area contributed by atoms with E-state index in [9.17, 15) is 10.1 Å². The molecule has 21 heavy (non-hydrogen) atoms. The monoisotopic (exact) mass is 293 g/mol. The molecule has 0 aromatic heterocycles. The van der Waals surface area contributed by atoms with Gasteiger partial charge in [-0.15, -0.1) is 0 Å². The van der Waals surface area contributed by atoms with E-state index in [2.05, 4.69) is 29.1 Å². The molecule has 3 N–H and O–H groups in total. The zero-order valence-corrected chi connectivity index (χ0v) is 12.6. The van der Waals surface area contributed by atoms with E-state index in [1.165, 1.54) is 6.07 Å². The lowest BCUT2D eigenvalue weighted by Crippen LogP contribution is -2.48. The Hall–Kier alpha value is -1.70. The number of nitro benzene ring substituents is 1. The van der Waals surface area contributed by atoms with Crippen molar-refractivity contribution in [3.8, 4) is 0 Å². The standard InChI is InChI=1S/C14H23N5O2/c1-11(2)18-7-5-17(6-8-18)10-12-3-4-14(19(20)21)13(9-12)16-15/h3-4,9,11,16H,5-8,10,15H2,1-2H3. The van der Waals surface area contributed by atoms with Crippen molar-refractivity contribution in [2.24, 2.45) is 5.84 Å². The SMILES string of the molecule is CC(C)N1CCN(Cc2ccc([N+](=O)[O-])c(NN)c2)CC1. The molecule has 7 nitrogen and oxygen atoms in total. The van der Waals surface area contributed by atoms with Crippen molar-refractivity contribution < 1.29 is 4.92 Å². The Labute approximate surface area is 124 Å². The van der Waals surface area contributed by atoms with Gasteiger partial charge in [0.1, 0.15) is 5.69 Å². The third-order valence-electron chi connectivity index (χ3n) is 3.96. The van der Waals surface area contributed by atoms with Crippen LogP contribution in [0.4, 0.5) is 11.4 Å². The maximum atomic E-state index is 10.9. The van der Waals surface area contributed by atoms with Crippen LogP contribution in [0.5, 0.6) is 0 Å². The molecule has 7 heteroatoms. The molecule has 0 unspecified atom stereocenters. The average Bonchev–Trinajstić information content (AvgIpc) is 2.47. The topological polar surface area (TPSA) is 87.7 Å². The van der Waals surface area contributed by atoms with Crippen molar-refractivity contribution in [3.63, 3.8) is 0 Å². The number of benzene rings is 1. The van der Waals surface area contributed by atoms with Crippen LogP contribution in [-0.4, -0.2) is 46.9 Å². The van der Waals surface area contributed by atoms with Crippen LogP contribution in [0.15, 0.2) is 18.2 Å². The number of nitrogen functional groups attached to an aromatic ring is 1. The number of nitrogens with zero attached hydrogens (tertiary/aromatic N) is 3. The lowest BCUT2D eigenvalue weighted by atomic mass is 10.1. The highest BCUT2D eigenvalue weighted by Gasteiger charge is 2.20. The van der Waals surface area contributed by atoms with Gasteiger partial charge in [0.2, 0.25) is 0 Å². The Morgan fingerprint density at radius 2 is 2.00 bits per heavy atom. The lowest BCUT2D eigenvalue weighted by molar-refractivity contribution is -0.384. The number of nitrogens with two attached hydrogens (primary N) is 1. The molecule has 0 aliphatic carbocycles. The normalized spacial score (nSPS) is 17.1. The zero-order chi connectivity index (χ0) is 15.4. The van der Waals surface area contributed by atoms with Crippen molar-refractivity contribution in [2.45, 2.75) is 26.4 Å². The summed E-state index contributed by atoms with van der Waals surface area (Å²) in [6, 6.07) is 5.65. The third-order valence-corrected chi connectivity index (χ3v) is 3.96. The predicted molar refractivity (Wildman–Crippen MR) is 82.9 cm³/mol. The molecule has 0 spiro atoms. The van der Waals surface area contributed by atoms with Gasteiger partial charge in [0.05, 0.1) is 4.92 Å². The Kier molecular flexibility index (Phi) is 5.11. The van der Waals surface area contributed by atoms with Crippen LogP contribution >= 0.6 is 0 Å².